The van der Waals surface area contributed by atoms with Gasteiger partial charge in [-0.2, -0.15) is 0 Å². The first-order valence-corrected chi connectivity index (χ1v) is 6.50. The number of hydrogen-bond acceptors (Lipinski definition) is 3. The Hall–Kier alpha value is -0.610. The van der Waals surface area contributed by atoms with E-state index in [0.29, 0.717) is 6.04 Å². The van der Waals surface area contributed by atoms with Crippen molar-refractivity contribution < 1.29 is 0 Å². The Bertz CT molecular complexity index is 318. The van der Waals surface area contributed by atoms with Gasteiger partial charge in [0, 0.05) is 23.7 Å². The maximum atomic E-state index is 10.9. The van der Waals surface area contributed by atoms with E-state index in [0.717, 1.165) is 12.2 Å². The van der Waals surface area contributed by atoms with E-state index in [1.165, 1.54) is 37.0 Å². The fourth-order valence-electron chi connectivity index (χ4n) is 1.49. The van der Waals surface area contributed by atoms with Gasteiger partial charge in [0.25, 0.3) is 0 Å². The third-order valence-corrected chi connectivity index (χ3v) is 3.17. The number of thiazole rings is 1. The molecular weight excluding hydrogens is 208 g/mol. The molecule has 0 amide bonds. The highest BCUT2D eigenvalue weighted by atomic mass is 32.1. The first-order chi connectivity index (χ1) is 7.22. The highest BCUT2D eigenvalue weighted by molar-refractivity contribution is 7.07. The van der Waals surface area contributed by atoms with Crippen molar-refractivity contribution in [1.29, 1.82) is 0 Å². The average molecular weight is 228 g/mol. The first-order valence-electron chi connectivity index (χ1n) is 5.62. The van der Waals surface area contributed by atoms with E-state index in [-0.39, 0.29) is 4.87 Å². The van der Waals surface area contributed by atoms with Crippen molar-refractivity contribution >= 4 is 11.3 Å². The smallest absolute Gasteiger partial charge is 0.304 e. The normalized spacial score (nSPS) is 12.9. The molecule has 1 heterocycles. The van der Waals surface area contributed by atoms with Crippen LogP contribution in [0.15, 0.2) is 10.2 Å². The van der Waals surface area contributed by atoms with Gasteiger partial charge >= 0.3 is 4.87 Å². The van der Waals surface area contributed by atoms with Crippen LogP contribution in [0.25, 0.3) is 0 Å². The number of nitrogens with one attached hydrogen (secondary N) is 2. The molecule has 1 aromatic rings. The molecule has 1 unspecified atom stereocenters. The van der Waals surface area contributed by atoms with E-state index in [1.807, 2.05) is 5.38 Å². The Morgan fingerprint density at radius 2 is 2.33 bits per heavy atom. The lowest BCUT2D eigenvalue weighted by molar-refractivity contribution is 0.484. The number of hydrogen-bond donors (Lipinski definition) is 2. The van der Waals surface area contributed by atoms with E-state index >= 15 is 0 Å². The second kappa shape index (κ2) is 6.80. The van der Waals surface area contributed by atoms with Crippen molar-refractivity contribution in [2.24, 2.45) is 0 Å². The molecule has 1 rings (SSSR count). The number of aromatic amines is 1. The molecular formula is C11H20N2OS. The lowest BCUT2D eigenvalue weighted by Gasteiger charge is -2.12. The lowest BCUT2D eigenvalue weighted by Crippen LogP contribution is -2.25. The summed E-state index contributed by atoms with van der Waals surface area (Å²) in [6, 6.07) is 0.528. The molecule has 2 N–H and O–H groups in total. The molecule has 0 aliphatic rings. The van der Waals surface area contributed by atoms with Crippen LogP contribution in [0.4, 0.5) is 0 Å². The molecule has 3 nitrogen and oxygen atoms in total. The van der Waals surface area contributed by atoms with Gasteiger partial charge in [-0.1, -0.05) is 37.5 Å². The summed E-state index contributed by atoms with van der Waals surface area (Å²) in [4.78, 5) is 13.7. The molecule has 0 saturated heterocycles. The van der Waals surface area contributed by atoms with Gasteiger partial charge in [0.2, 0.25) is 0 Å². The number of unbranched alkanes of at least 4 members (excludes halogenated alkanes) is 2. The van der Waals surface area contributed by atoms with Crippen LogP contribution in [0.1, 0.15) is 45.2 Å². The van der Waals surface area contributed by atoms with Crippen LogP contribution in [0.3, 0.4) is 0 Å². The van der Waals surface area contributed by atoms with Crippen LogP contribution in [0, 0.1) is 0 Å². The van der Waals surface area contributed by atoms with Crippen molar-refractivity contribution in [1.82, 2.24) is 10.3 Å². The van der Waals surface area contributed by atoms with E-state index in [9.17, 15) is 4.79 Å². The predicted molar refractivity (Wildman–Crippen MR) is 65.4 cm³/mol. The summed E-state index contributed by atoms with van der Waals surface area (Å²) in [5, 5.41) is 5.29. The molecule has 0 aliphatic heterocycles. The topological polar surface area (TPSA) is 44.9 Å². The Morgan fingerprint density at radius 1 is 1.53 bits per heavy atom. The van der Waals surface area contributed by atoms with Crippen LogP contribution in [0.2, 0.25) is 0 Å². The minimum Gasteiger partial charge on any atom is -0.315 e. The van der Waals surface area contributed by atoms with Gasteiger partial charge in [-0.05, 0) is 13.3 Å². The average Bonchev–Trinajstić information content (AvgIpc) is 2.62. The Labute approximate surface area is 94.9 Å². The van der Waals surface area contributed by atoms with Crippen molar-refractivity contribution in [3.8, 4) is 0 Å². The lowest BCUT2D eigenvalue weighted by atomic mass is 10.1. The highest BCUT2D eigenvalue weighted by Gasteiger charge is 2.02. The van der Waals surface area contributed by atoms with Gasteiger partial charge in [-0.3, -0.25) is 4.79 Å². The quantitative estimate of drug-likeness (QED) is 0.704. The zero-order chi connectivity index (χ0) is 11.1. The minimum atomic E-state index is 0.0328. The standard InChI is InChI=1S/C11H20N2OS/c1-3-4-5-6-9(2)12-7-10-8-15-11(14)13-10/h8-9,12H,3-7H2,1-2H3,(H,13,14). The minimum absolute atomic E-state index is 0.0328. The summed E-state index contributed by atoms with van der Waals surface area (Å²) in [5.41, 5.74) is 0.993. The molecule has 0 aliphatic carbocycles. The van der Waals surface area contributed by atoms with Gasteiger partial charge in [0.15, 0.2) is 0 Å². The predicted octanol–water partition coefficient (Wildman–Crippen LogP) is 2.49. The molecule has 1 aromatic heterocycles. The summed E-state index contributed by atoms with van der Waals surface area (Å²) >= 11 is 1.23. The van der Waals surface area contributed by atoms with Crippen LogP contribution >= 0.6 is 11.3 Å². The van der Waals surface area contributed by atoms with Crippen LogP contribution in [-0.2, 0) is 6.54 Å². The van der Waals surface area contributed by atoms with Crippen molar-refractivity contribution in [3.05, 3.63) is 20.7 Å². The number of rotatable bonds is 7. The summed E-state index contributed by atoms with van der Waals surface area (Å²) < 4.78 is 0. The molecule has 0 spiro atoms. The maximum absolute atomic E-state index is 10.9. The first kappa shape index (κ1) is 12.5. The van der Waals surface area contributed by atoms with Gasteiger partial charge in [-0.25, -0.2) is 0 Å². The third-order valence-electron chi connectivity index (χ3n) is 2.45. The van der Waals surface area contributed by atoms with Crippen molar-refractivity contribution in [3.63, 3.8) is 0 Å². The van der Waals surface area contributed by atoms with Gasteiger partial charge in [-0.15, -0.1) is 0 Å². The number of H-pyrrole nitrogens is 1. The van der Waals surface area contributed by atoms with Crippen molar-refractivity contribution in [2.75, 3.05) is 0 Å². The van der Waals surface area contributed by atoms with Crippen molar-refractivity contribution in [2.45, 2.75) is 52.1 Å². The van der Waals surface area contributed by atoms with Crippen LogP contribution in [0.5, 0.6) is 0 Å². The van der Waals surface area contributed by atoms with Crippen LogP contribution < -0.4 is 10.2 Å². The monoisotopic (exact) mass is 228 g/mol. The summed E-state index contributed by atoms with van der Waals surface area (Å²) in [6.07, 6.45) is 5.07. The van der Waals surface area contributed by atoms with E-state index in [4.69, 9.17) is 0 Å². The molecule has 86 valence electrons. The fraction of sp³-hybridized carbons (Fsp3) is 0.727. The largest absolute Gasteiger partial charge is 0.315 e. The Balaban J connectivity index is 2.16. The Kier molecular flexibility index (Phi) is 5.65. The van der Waals surface area contributed by atoms with E-state index in [1.54, 1.807) is 0 Å². The molecule has 4 heteroatoms. The highest BCUT2D eigenvalue weighted by Crippen LogP contribution is 2.03. The second-order valence-corrected chi connectivity index (χ2v) is 4.79. The molecule has 0 bridgehead atoms. The van der Waals surface area contributed by atoms with Gasteiger partial charge < -0.3 is 10.3 Å². The van der Waals surface area contributed by atoms with Gasteiger partial charge in [0.05, 0.1) is 0 Å². The molecule has 1 atom stereocenters. The van der Waals surface area contributed by atoms with E-state index < -0.39 is 0 Å². The molecule has 0 fully saturated rings. The van der Waals surface area contributed by atoms with Crippen LogP contribution in [-0.4, -0.2) is 11.0 Å². The zero-order valence-electron chi connectivity index (χ0n) is 9.51. The summed E-state index contributed by atoms with van der Waals surface area (Å²) in [6.45, 7) is 5.18. The summed E-state index contributed by atoms with van der Waals surface area (Å²) in [7, 11) is 0. The third kappa shape index (κ3) is 5.14. The molecule has 0 radical (unpaired) electrons. The summed E-state index contributed by atoms with van der Waals surface area (Å²) in [5.74, 6) is 0. The van der Waals surface area contributed by atoms with Gasteiger partial charge in [0.1, 0.15) is 0 Å². The maximum Gasteiger partial charge on any atom is 0.304 e. The zero-order valence-corrected chi connectivity index (χ0v) is 10.3. The SMILES string of the molecule is CCCCCC(C)NCc1csc(=O)[nH]1. The second-order valence-electron chi connectivity index (χ2n) is 3.95. The molecule has 0 aromatic carbocycles. The molecule has 15 heavy (non-hydrogen) atoms. The number of aromatic nitrogens is 1. The molecule has 0 saturated carbocycles. The fourth-order valence-corrected chi connectivity index (χ4v) is 2.07. The Morgan fingerprint density at radius 3 is 2.93 bits per heavy atom. The van der Waals surface area contributed by atoms with E-state index in [2.05, 4.69) is 24.1 Å².